The number of nitrogens with one attached hydrogen (secondary N) is 1. The normalized spacial score (nSPS) is 10.3. The van der Waals surface area contributed by atoms with Crippen molar-refractivity contribution in [1.29, 1.82) is 5.26 Å². The van der Waals surface area contributed by atoms with E-state index in [1.165, 1.54) is 11.1 Å². The Morgan fingerprint density at radius 1 is 1.23 bits per heavy atom. The van der Waals surface area contributed by atoms with Gasteiger partial charge in [-0.1, -0.05) is 41.9 Å². The van der Waals surface area contributed by atoms with Gasteiger partial charge in [0.2, 0.25) is 0 Å². The van der Waals surface area contributed by atoms with Crippen LogP contribution >= 0.6 is 11.6 Å². The number of nitriles is 1. The summed E-state index contributed by atoms with van der Waals surface area (Å²) in [5, 5.41) is 16.2. The van der Waals surface area contributed by atoms with Crippen LogP contribution in [-0.4, -0.2) is 35.2 Å². The van der Waals surface area contributed by atoms with Crippen LogP contribution in [0.25, 0.3) is 11.3 Å². The van der Waals surface area contributed by atoms with Crippen molar-refractivity contribution in [3.8, 4) is 17.3 Å². The van der Waals surface area contributed by atoms with E-state index < -0.39 is 18.5 Å². The molecule has 0 unspecified atom stereocenters. The molecular formula is C22H19ClN4O3. The standard InChI is InChI=1S/C22H19ClN4O3/c1-15-12-17(8-9-19(15)23)27(11-5-10-24)20(28)14-30-22(29)18-13-25-26-21(18)16-6-3-2-4-7-16/h2-4,6-9,12-13H,5,11,14H2,1H3,(H,25,26). The second-order valence-corrected chi connectivity index (χ2v) is 6.90. The molecule has 1 aromatic heterocycles. The van der Waals surface area contributed by atoms with Gasteiger partial charge >= 0.3 is 5.97 Å². The highest BCUT2D eigenvalue weighted by Gasteiger charge is 2.21. The van der Waals surface area contributed by atoms with E-state index in [4.69, 9.17) is 21.6 Å². The average Bonchev–Trinajstić information content (AvgIpc) is 3.25. The molecule has 3 rings (SSSR count). The molecule has 0 aliphatic rings. The van der Waals surface area contributed by atoms with Gasteiger partial charge in [0, 0.05) is 22.8 Å². The predicted molar refractivity (Wildman–Crippen MR) is 113 cm³/mol. The summed E-state index contributed by atoms with van der Waals surface area (Å²) in [7, 11) is 0. The van der Waals surface area contributed by atoms with E-state index in [-0.39, 0.29) is 18.5 Å². The van der Waals surface area contributed by atoms with Crippen LogP contribution in [0.5, 0.6) is 0 Å². The molecule has 0 aliphatic carbocycles. The maximum absolute atomic E-state index is 12.8. The van der Waals surface area contributed by atoms with Crippen molar-refractivity contribution < 1.29 is 14.3 Å². The first-order valence-corrected chi connectivity index (χ1v) is 9.58. The van der Waals surface area contributed by atoms with Crippen LogP contribution in [0, 0.1) is 18.3 Å². The molecule has 1 N–H and O–H groups in total. The van der Waals surface area contributed by atoms with Crippen molar-refractivity contribution in [1.82, 2.24) is 10.2 Å². The number of carbonyl (C=O) groups is 2. The fourth-order valence-electron chi connectivity index (χ4n) is 2.91. The lowest BCUT2D eigenvalue weighted by Crippen LogP contribution is -2.35. The lowest BCUT2D eigenvalue weighted by molar-refractivity contribution is -0.121. The number of nitrogens with zero attached hydrogens (tertiary/aromatic N) is 3. The average molecular weight is 423 g/mol. The first kappa shape index (κ1) is 21.1. The maximum atomic E-state index is 12.8. The molecule has 3 aromatic rings. The molecule has 0 aliphatic heterocycles. The number of esters is 1. The number of carbonyl (C=O) groups excluding carboxylic acids is 2. The van der Waals surface area contributed by atoms with Crippen LogP contribution in [-0.2, 0) is 9.53 Å². The minimum absolute atomic E-state index is 0.140. The number of ether oxygens (including phenoxy) is 1. The second-order valence-electron chi connectivity index (χ2n) is 6.49. The van der Waals surface area contributed by atoms with Crippen molar-refractivity contribution in [3.63, 3.8) is 0 Å². The van der Waals surface area contributed by atoms with Gasteiger partial charge in [-0.3, -0.25) is 9.89 Å². The minimum Gasteiger partial charge on any atom is -0.452 e. The molecule has 0 radical (unpaired) electrons. The van der Waals surface area contributed by atoms with E-state index in [0.717, 1.165) is 11.1 Å². The van der Waals surface area contributed by atoms with Crippen LogP contribution in [0.3, 0.4) is 0 Å². The molecule has 7 nitrogen and oxygen atoms in total. The summed E-state index contributed by atoms with van der Waals surface area (Å²) in [5.41, 5.74) is 2.91. The van der Waals surface area contributed by atoms with Crippen molar-refractivity contribution in [2.75, 3.05) is 18.1 Å². The number of anilines is 1. The Balaban J connectivity index is 1.73. The summed E-state index contributed by atoms with van der Waals surface area (Å²) in [4.78, 5) is 26.7. The fourth-order valence-corrected chi connectivity index (χ4v) is 3.02. The number of amides is 1. The lowest BCUT2D eigenvalue weighted by atomic mass is 10.1. The first-order chi connectivity index (χ1) is 14.5. The van der Waals surface area contributed by atoms with Crippen LogP contribution in [0.15, 0.2) is 54.7 Å². The third-order valence-corrected chi connectivity index (χ3v) is 4.87. The monoisotopic (exact) mass is 422 g/mol. The van der Waals surface area contributed by atoms with Crippen LogP contribution in [0.2, 0.25) is 5.02 Å². The largest absolute Gasteiger partial charge is 0.452 e. The highest BCUT2D eigenvalue weighted by atomic mass is 35.5. The number of aromatic amines is 1. The number of aromatic nitrogens is 2. The summed E-state index contributed by atoms with van der Waals surface area (Å²) in [5.74, 6) is -1.10. The molecule has 0 atom stereocenters. The third-order valence-electron chi connectivity index (χ3n) is 4.45. The molecule has 0 fully saturated rings. The van der Waals surface area contributed by atoms with Gasteiger partial charge in [0.05, 0.1) is 24.4 Å². The zero-order valence-electron chi connectivity index (χ0n) is 16.3. The first-order valence-electron chi connectivity index (χ1n) is 9.20. The van der Waals surface area contributed by atoms with Gasteiger partial charge < -0.3 is 9.64 Å². The Morgan fingerprint density at radius 3 is 2.70 bits per heavy atom. The van der Waals surface area contributed by atoms with Gasteiger partial charge in [-0.05, 0) is 30.7 Å². The molecule has 0 spiro atoms. The SMILES string of the molecule is Cc1cc(N(CCC#N)C(=O)COC(=O)c2cn[nH]c2-c2ccccc2)ccc1Cl. The molecule has 0 saturated carbocycles. The summed E-state index contributed by atoms with van der Waals surface area (Å²) in [6.07, 6.45) is 1.51. The summed E-state index contributed by atoms with van der Waals surface area (Å²) in [6, 6.07) is 16.4. The van der Waals surface area contributed by atoms with Crippen molar-refractivity contribution in [3.05, 3.63) is 70.9 Å². The van der Waals surface area contributed by atoms with E-state index in [1.54, 1.807) is 18.2 Å². The zero-order valence-corrected chi connectivity index (χ0v) is 17.0. The molecule has 1 amide bonds. The minimum atomic E-state index is -0.663. The number of aryl methyl sites for hydroxylation is 1. The van der Waals surface area contributed by atoms with Gasteiger partial charge in [-0.15, -0.1) is 0 Å². The van der Waals surface area contributed by atoms with Crippen molar-refractivity contribution in [2.24, 2.45) is 0 Å². The fraction of sp³-hybridized carbons (Fsp3) is 0.182. The summed E-state index contributed by atoms with van der Waals surface area (Å²) in [6.45, 7) is 1.53. The number of halogens is 1. The highest BCUT2D eigenvalue weighted by molar-refractivity contribution is 6.31. The molecule has 2 aromatic carbocycles. The van der Waals surface area contributed by atoms with E-state index in [1.807, 2.05) is 43.3 Å². The molecular weight excluding hydrogens is 404 g/mol. The Kier molecular flexibility index (Phi) is 6.83. The summed E-state index contributed by atoms with van der Waals surface area (Å²) >= 11 is 6.06. The molecule has 1 heterocycles. The predicted octanol–water partition coefficient (Wildman–Crippen LogP) is 4.14. The third kappa shape index (κ3) is 4.85. The quantitative estimate of drug-likeness (QED) is 0.577. The van der Waals surface area contributed by atoms with Crippen LogP contribution < -0.4 is 4.90 Å². The maximum Gasteiger partial charge on any atom is 0.342 e. The molecule has 0 bridgehead atoms. The Hall–Kier alpha value is -3.63. The van der Waals surface area contributed by atoms with Crippen molar-refractivity contribution in [2.45, 2.75) is 13.3 Å². The smallest absolute Gasteiger partial charge is 0.342 e. The number of benzene rings is 2. The van der Waals surface area contributed by atoms with E-state index in [9.17, 15) is 9.59 Å². The number of hydrogen-bond acceptors (Lipinski definition) is 5. The second kappa shape index (κ2) is 9.72. The van der Waals surface area contributed by atoms with E-state index in [0.29, 0.717) is 16.4 Å². The molecule has 152 valence electrons. The topological polar surface area (TPSA) is 99.1 Å². The number of hydrogen-bond donors (Lipinski definition) is 1. The van der Waals surface area contributed by atoms with Gasteiger partial charge in [0.1, 0.15) is 5.56 Å². The van der Waals surface area contributed by atoms with Gasteiger partial charge in [-0.25, -0.2) is 4.79 Å². The molecule has 30 heavy (non-hydrogen) atoms. The number of H-pyrrole nitrogens is 1. The lowest BCUT2D eigenvalue weighted by Gasteiger charge is -2.22. The summed E-state index contributed by atoms with van der Waals surface area (Å²) < 4.78 is 5.25. The van der Waals surface area contributed by atoms with E-state index in [2.05, 4.69) is 10.2 Å². The van der Waals surface area contributed by atoms with Gasteiger partial charge in [-0.2, -0.15) is 10.4 Å². The van der Waals surface area contributed by atoms with Crippen molar-refractivity contribution >= 4 is 29.2 Å². The highest BCUT2D eigenvalue weighted by Crippen LogP contribution is 2.24. The molecule has 0 saturated heterocycles. The van der Waals surface area contributed by atoms with Crippen LogP contribution in [0.1, 0.15) is 22.3 Å². The number of rotatable bonds is 7. The Labute approximate surface area is 178 Å². The van der Waals surface area contributed by atoms with Crippen LogP contribution in [0.4, 0.5) is 5.69 Å². The zero-order chi connectivity index (χ0) is 21.5. The van der Waals surface area contributed by atoms with E-state index >= 15 is 0 Å². The Morgan fingerprint density at radius 2 is 2.00 bits per heavy atom. The Bertz CT molecular complexity index is 1090. The van der Waals surface area contributed by atoms with Gasteiger partial charge in [0.15, 0.2) is 6.61 Å². The van der Waals surface area contributed by atoms with Gasteiger partial charge in [0.25, 0.3) is 5.91 Å². The molecule has 8 heteroatoms.